The maximum absolute atomic E-state index is 3.39. The van der Waals surface area contributed by atoms with Gasteiger partial charge in [0.1, 0.15) is 0 Å². The lowest BCUT2D eigenvalue weighted by Gasteiger charge is -2.31. The Morgan fingerprint density at radius 3 is 1.25 bits per heavy atom. The fourth-order valence-electron chi connectivity index (χ4n) is 1.32. The Bertz CT molecular complexity index is 141. The van der Waals surface area contributed by atoms with Gasteiger partial charge in [-0.3, -0.25) is 0 Å². The van der Waals surface area contributed by atoms with Crippen LogP contribution in [-0.4, -0.2) is 0 Å². The van der Waals surface area contributed by atoms with Crippen molar-refractivity contribution in [2.75, 3.05) is 0 Å². The summed E-state index contributed by atoms with van der Waals surface area (Å²) in [6.45, 7) is 8.64. The van der Waals surface area contributed by atoms with Crippen molar-refractivity contribution < 1.29 is 0 Å². The first kappa shape index (κ1) is 11.5. The van der Waals surface area contributed by atoms with Crippen LogP contribution in [0.3, 0.4) is 0 Å². The van der Waals surface area contributed by atoms with Crippen molar-refractivity contribution in [2.24, 2.45) is 0 Å². The lowest BCUT2D eigenvalue weighted by atomic mass is 9.99. The molecule has 0 aromatic heterocycles. The molecule has 0 spiro atoms. The molecule has 0 atom stereocenters. The first-order chi connectivity index (χ1) is 5.79. The Kier molecular flexibility index (Phi) is 6.84. The third-order valence-corrected chi connectivity index (χ3v) is 1.85. The van der Waals surface area contributed by atoms with E-state index in [-0.39, 0.29) is 0 Å². The molecule has 0 aromatic rings. The standard InChI is InChI=1S/C12H20/c1-5-9-11(7-3)12(8-4)10-6-2/h5-8H2,1-4H3/q-2. The minimum Gasteiger partial charge on any atom is -0.373 e. The van der Waals surface area contributed by atoms with Crippen LogP contribution in [0.2, 0.25) is 0 Å². The van der Waals surface area contributed by atoms with Gasteiger partial charge in [0.05, 0.1) is 0 Å². The van der Waals surface area contributed by atoms with Crippen LogP contribution in [0, 0.1) is 12.2 Å². The van der Waals surface area contributed by atoms with E-state index in [0.29, 0.717) is 0 Å². The van der Waals surface area contributed by atoms with Crippen LogP contribution < -0.4 is 0 Å². The number of hydrogen-bond donors (Lipinski definition) is 0. The van der Waals surface area contributed by atoms with Crippen molar-refractivity contribution in [3.05, 3.63) is 23.3 Å². The maximum Gasteiger partial charge on any atom is -0.0794 e. The molecule has 0 aromatic carbocycles. The lowest BCUT2D eigenvalue weighted by Crippen LogP contribution is -1.88. The Labute approximate surface area is 77.4 Å². The second-order valence-electron chi connectivity index (χ2n) is 2.72. The van der Waals surface area contributed by atoms with Gasteiger partial charge in [-0.1, -0.05) is 27.7 Å². The van der Waals surface area contributed by atoms with Crippen LogP contribution in [0.4, 0.5) is 0 Å². The SMILES string of the molecule is CC[C-]=C(CC)C(=[C-]CC)CC. The summed E-state index contributed by atoms with van der Waals surface area (Å²) in [6.07, 6.45) is 11.0. The Morgan fingerprint density at radius 1 is 0.750 bits per heavy atom. The third-order valence-electron chi connectivity index (χ3n) is 1.85. The third kappa shape index (κ3) is 3.75. The number of allylic oxidation sites excluding steroid dienone is 4. The van der Waals surface area contributed by atoms with E-state index in [1.165, 1.54) is 11.1 Å². The highest BCUT2D eigenvalue weighted by molar-refractivity contribution is 5.25. The molecule has 0 nitrogen and oxygen atoms in total. The van der Waals surface area contributed by atoms with E-state index in [9.17, 15) is 0 Å². The molecule has 0 aliphatic carbocycles. The van der Waals surface area contributed by atoms with E-state index >= 15 is 0 Å². The molecule has 0 radical (unpaired) electrons. The molecule has 70 valence electrons. The summed E-state index contributed by atoms with van der Waals surface area (Å²) in [7, 11) is 0. The summed E-state index contributed by atoms with van der Waals surface area (Å²) in [4.78, 5) is 0. The normalized spacial score (nSPS) is 13.7. The summed E-state index contributed by atoms with van der Waals surface area (Å²) in [6, 6.07) is 0. The highest BCUT2D eigenvalue weighted by atomic mass is 14.0. The quantitative estimate of drug-likeness (QED) is 0.424. The van der Waals surface area contributed by atoms with Gasteiger partial charge >= 0.3 is 0 Å². The van der Waals surface area contributed by atoms with E-state index in [1.807, 2.05) is 0 Å². The molecule has 12 heavy (non-hydrogen) atoms. The molecule has 0 saturated heterocycles. The van der Waals surface area contributed by atoms with E-state index in [4.69, 9.17) is 0 Å². The fraction of sp³-hybridized carbons (Fsp3) is 0.667. The molecule has 0 aliphatic rings. The highest BCUT2D eigenvalue weighted by Crippen LogP contribution is 2.17. The molecule has 0 saturated carbocycles. The molecule has 0 fully saturated rings. The van der Waals surface area contributed by atoms with Crippen LogP contribution in [0.1, 0.15) is 53.4 Å². The molecule has 0 heterocycles. The fourth-order valence-corrected chi connectivity index (χ4v) is 1.32. The molecular weight excluding hydrogens is 144 g/mol. The van der Waals surface area contributed by atoms with Crippen LogP contribution in [0.25, 0.3) is 0 Å². The Morgan fingerprint density at radius 2 is 1.08 bits per heavy atom. The van der Waals surface area contributed by atoms with Crippen molar-refractivity contribution in [1.82, 2.24) is 0 Å². The minimum atomic E-state index is 1.01. The van der Waals surface area contributed by atoms with Gasteiger partial charge in [0.2, 0.25) is 0 Å². The van der Waals surface area contributed by atoms with Crippen LogP contribution in [0.15, 0.2) is 11.1 Å². The van der Waals surface area contributed by atoms with E-state index in [1.54, 1.807) is 0 Å². The minimum absolute atomic E-state index is 1.01. The smallest absolute Gasteiger partial charge is 0.0794 e. The summed E-state index contributed by atoms with van der Waals surface area (Å²) < 4.78 is 0. The zero-order chi connectivity index (χ0) is 9.40. The Balaban J connectivity index is 4.44. The topological polar surface area (TPSA) is 0 Å². The van der Waals surface area contributed by atoms with Gasteiger partial charge in [-0.25, -0.2) is 0 Å². The van der Waals surface area contributed by atoms with E-state index in [2.05, 4.69) is 39.8 Å². The summed E-state index contributed by atoms with van der Waals surface area (Å²) >= 11 is 0. The van der Waals surface area contributed by atoms with Crippen molar-refractivity contribution >= 4 is 0 Å². The average molecular weight is 164 g/mol. The van der Waals surface area contributed by atoms with Crippen molar-refractivity contribution in [1.29, 1.82) is 0 Å². The van der Waals surface area contributed by atoms with Crippen LogP contribution in [-0.2, 0) is 0 Å². The van der Waals surface area contributed by atoms with Crippen molar-refractivity contribution in [3.8, 4) is 0 Å². The monoisotopic (exact) mass is 164 g/mol. The van der Waals surface area contributed by atoms with E-state index < -0.39 is 0 Å². The molecule has 0 N–H and O–H groups in total. The Hall–Kier alpha value is -0.520. The maximum atomic E-state index is 3.39. The molecule has 0 aliphatic heterocycles. The van der Waals surface area contributed by atoms with E-state index in [0.717, 1.165) is 25.7 Å². The van der Waals surface area contributed by atoms with Gasteiger partial charge in [0.15, 0.2) is 0 Å². The number of rotatable bonds is 5. The molecule has 0 unspecified atom stereocenters. The molecule has 0 rings (SSSR count). The summed E-state index contributed by atoms with van der Waals surface area (Å²) in [5, 5.41) is 0. The highest BCUT2D eigenvalue weighted by Gasteiger charge is 1.75. The lowest BCUT2D eigenvalue weighted by molar-refractivity contribution is 0.963. The van der Waals surface area contributed by atoms with Gasteiger partial charge in [-0.05, 0) is 0 Å². The molecular formula is C12H20-2. The van der Waals surface area contributed by atoms with Crippen LogP contribution >= 0.6 is 0 Å². The predicted molar refractivity (Wildman–Crippen MR) is 54.7 cm³/mol. The molecule has 0 heteroatoms. The van der Waals surface area contributed by atoms with Gasteiger partial charge in [-0.2, -0.15) is 0 Å². The predicted octanol–water partition coefficient (Wildman–Crippen LogP) is 4.09. The van der Waals surface area contributed by atoms with Gasteiger partial charge < -0.3 is 23.3 Å². The zero-order valence-corrected chi connectivity index (χ0v) is 8.83. The largest absolute Gasteiger partial charge is 0.373 e. The van der Waals surface area contributed by atoms with Crippen molar-refractivity contribution in [2.45, 2.75) is 53.4 Å². The zero-order valence-electron chi connectivity index (χ0n) is 8.83. The molecule has 0 amide bonds. The second kappa shape index (κ2) is 7.15. The summed E-state index contributed by atoms with van der Waals surface area (Å²) in [5.74, 6) is 0. The van der Waals surface area contributed by atoms with Crippen molar-refractivity contribution in [3.63, 3.8) is 0 Å². The van der Waals surface area contributed by atoms with Gasteiger partial charge in [-0.15, -0.1) is 25.7 Å². The second-order valence-corrected chi connectivity index (χ2v) is 2.72. The summed E-state index contributed by atoms with van der Waals surface area (Å²) in [5.41, 5.74) is 2.73. The first-order valence-electron chi connectivity index (χ1n) is 4.99. The number of hydrogen-bond acceptors (Lipinski definition) is 0. The van der Waals surface area contributed by atoms with Gasteiger partial charge in [0, 0.05) is 0 Å². The van der Waals surface area contributed by atoms with Crippen LogP contribution in [0.5, 0.6) is 0 Å². The van der Waals surface area contributed by atoms with Gasteiger partial charge in [0.25, 0.3) is 0 Å². The first-order valence-corrected chi connectivity index (χ1v) is 4.99. The molecule has 0 bridgehead atoms. The average Bonchev–Trinajstić information content (AvgIpc) is 2.11.